The number of nitrogens with zero attached hydrogens (tertiary/aromatic N) is 4. The standard InChI is InChI=1S/C13H19F2N5O3/c1-9(21)20-8-13(14,15)5-10(20)6-19-7-11(17-18-19)12(22)16-3-4-23-2/h7,10H,3-6,8H2,1-2H3,(H,16,22)/t10-/m0/s1. The first-order valence-corrected chi connectivity index (χ1v) is 7.15. The van der Waals surface area contributed by atoms with Crippen molar-refractivity contribution >= 4 is 11.8 Å². The normalized spacial score (nSPS) is 19.8. The van der Waals surface area contributed by atoms with Crippen LogP contribution in [0, 0.1) is 0 Å². The van der Waals surface area contributed by atoms with E-state index in [1.54, 1.807) is 0 Å². The quantitative estimate of drug-likeness (QED) is 0.736. The van der Waals surface area contributed by atoms with E-state index in [-0.39, 0.29) is 12.2 Å². The van der Waals surface area contributed by atoms with Crippen molar-refractivity contribution in [2.75, 3.05) is 26.8 Å². The molecule has 23 heavy (non-hydrogen) atoms. The minimum absolute atomic E-state index is 0.0630. The second-order valence-corrected chi connectivity index (χ2v) is 5.44. The molecule has 128 valence electrons. The number of rotatable bonds is 6. The summed E-state index contributed by atoms with van der Waals surface area (Å²) >= 11 is 0. The van der Waals surface area contributed by atoms with Crippen LogP contribution in [-0.2, 0) is 16.1 Å². The molecular weight excluding hydrogens is 312 g/mol. The smallest absolute Gasteiger partial charge is 0.273 e. The van der Waals surface area contributed by atoms with E-state index in [1.807, 2.05) is 0 Å². The van der Waals surface area contributed by atoms with Gasteiger partial charge in [0, 0.05) is 27.0 Å². The molecule has 0 aliphatic carbocycles. The molecule has 2 rings (SSSR count). The average molecular weight is 331 g/mol. The lowest BCUT2D eigenvalue weighted by Crippen LogP contribution is -2.37. The summed E-state index contributed by atoms with van der Waals surface area (Å²) in [7, 11) is 1.51. The lowest BCUT2D eigenvalue weighted by Gasteiger charge is -2.21. The van der Waals surface area contributed by atoms with Crippen molar-refractivity contribution in [3.63, 3.8) is 0 Å². The Hall–Kier alpha value is -2.10. The summed E-state index contributed by atoms with van der Waals surface area (Å²) in [5.41, 5.74) is 0.0836. The fourth-order valence-corrected chi connectivity index (χ4v) is 2.49. The molecule has 8 nitrogen and oxygen atoms in total. The van der Waals surface area contributed by atoms with Crippen LogP contribution in [0.25, 0.3) is 0 Å². The molecule has 1 aliphatic rings. The van der Waals surface area contributed by atoms with Crippen molar-refractivity contribution in [1.29, 1.82) is 0 Å². The first kappa shape index (κ1) is 17.3. The Labute approximate surface area is 131 Å². The summed E-state index contributed by atoms with van der Waals surface area (Å²) in [6, 6.07) is -0.673. The van der Waals surface area contributed by atoms with Crippen LogP contribution in [0.2, 0.25) is 0 Å². The van der Waals surface area contributed by atoms with Gasteiger partial charge in [0.15, 0.2) is 5.69 Å². The first-order chi connectivity index (χ1) is 10.8. The fraction of sp³-hybridized carbons (Fsp3) is 0.692. The molecule has 1 atom stereocenters. The summed E-state index contributed by atoms with van der Waals surface area (Å²) in [6.07, 6.45) is 0.943. The maximum atomic E-state index is 13.5. The monoisotopic (exact) mass is 331 g/mol. The Morgan fingerprint density at radius 2 is 2.26 bits per heavy atom. The van der Waals surface area contributed by atoms with E-state index in [2.05, 4.69) is 15.6 Å². The molecule has 2 heterocycles. The lowest BCUT2D eigenvalue weighted by molar-refractivity contribution is -0.131. The van der Waals surface area contributed by atoms with Gasteiger partial charge in [-0.25, -0.2) is 13.5 Å². The van der Waals surface area contributed by atoms with E-state index in [0.717, 1.165) is 4.90 Å². The van der Waals surface area contributed by atoms with Crippen molar-refractivity contribution in [3.05, 3.63) is 11.9 Å². The van der Waals surface area contributed by atoms with Crippen LogP contribution in [0.15, 0.2) is 6.20 Å². The molecule has 0 bridgehead atoms. The van der Waals surface area contributed by atoms with E-state index in [1.165, 1.54) is 24.9 Å². The van der Waals surface area contributed by atoms with Gasteiger partial charge < -0.3 is 15.0 Å². The van der Waals surface area contributed by atoms with Gasteiger partial charge in [0.25, 0.3) is 11.8 Å². The zero-order valence-electron chi connectivity index (χ0n) is 13.0. The number of aromatic nitrogens is 3. The van der Waals surface area contributed by atoms with E-state index in [9.17, 15) is 18.4 Å². The molecule has 0 unspecified atom stereocenters. The number of ether oxygens (including phenoxy) is 1. The SMILES string of the molecule is COCCNC(=O)c1cn(C[C@@H]2CC(F)(F)CN2C(C)=O)nn1. The van der Waals surface area contributed by atoms with E-state index in [0.29, 0.717) is 13.2 Å². The predicted octanol–water partition coefficient (Wildman–Crippen LogP) is -0.0896. The van der Waals surface area contributed by atoms with Crippen molar-refractivity contribution in [3.8, 4) is 0 Å². The Morgan fingerprint density at radius 1 is 1.52 bits per heavy atom. The van der Waals surface area contributed by atoms with E-state index >= 15 is 0 Å². The molecule has 1 aromatic heterocycles. The lowest BCUT2D eigenvalue weighted by atomic mass is 10.2. The third-order valence-electron chi connectivity index (χ3n) is 3.54. The molecular formula is C13H19F2N5O3. The highest BCUT2D eigenvalue weighted by atomic mass is 19.3. The molecule has 0 saturated carbocycles. The van der Waals surface area contributed by atoms with Gasteiger partial charge in [0.05, 0.1) is 31.9 Å². The maximum Gasteiger partial charge on any atom is 0.273 e. The fourth-order valence-electron chi connectivity index (χ4n) is 2.49. The number of hydrogen-bond donors (Lipinski definition) is 1. The number of carbonyl (C=O) groups is 2. The minimum atomic E-state index is -2.91. The molecule has 0 radical (unpaired) electrons. The molecule has 1 fully saturated rings. The van der Waals surface area contributed by atoms with Crippen molar-refractivity contribution < 1.29 is 23.1 Å². The molecule has 10 heteroatoms. The highest BCUT2D eigenvalue weighted by Crippen LogP contribution is 2.32. The second-order valence-electron chi connectivity index (χ2n) is 5.44. The van der Waals surface area contributed by atoms with Crippen LogP contribution < -0.4 is 5.32 Å². The number of carbonyl (C=O) groups excluding carboxylic acids is 2. The highest BCUT2D eigenvalue weighted by molar-refractivity contribution is 5.91. The second kappa shape index (κ2) is 6.99. The van der Waals surface area contributed by atoms with Crippen molar-refractivity contribution in [2.45, 2.75) is 31.9 Å². The first-order valence-electron chi connectivity index (χ1n) is 7.15. The van der Waals surface area contributed by atoms with Crippen LogP contribution in [0.1, 0.15) is 23.8 Å². The Balaban J connectivity index is 1.98. The number of alkyl halides is 2. The van der Waals surface area contributed by atoms with Crippen molar-refractivity contribution in [1.82, 2.24) is 25.2 Å². The number of likely N-dealkylation sites (tertiary alicyclic amines) is 1. The number of halogens is 2. The number of methoxy groups -OCH3 is 1. The molecule has 1 aliphatic heterocycles. The van der Waals surface area contributed by atoms with Gasteiger partial charge in [-0.15, -0.1) is 5.10 Å². The van der Waals surface area contributed by atoms with Gasteiger partial charge in [-0.3, -0.25) is 9.59 Å². The van der Waals surface area contributed by atoms with Crippen LogP contribution in [-0.4, -0.2) is 70.5 Å². The molecule has 1 aromatic rings. The maximum absolute atomic E-state index is 13.5. The summed E-state index contributed by atoms with van der Waals surface area (Å²) in [6.45, 7) is 1.42. The van der Waals surface area contributed by atoms with Gasteiger partial charge >= 0.3 is 0 Å². The van der Waals surface area contributed by atoms with Crippen LogP contribution in [0.4, 0.5) is 8.78 Å². The molecule has 0 spiro atoms. The number of amides is 2. The number of hydrogen-bond acceptors (Lipinski definition) is 5. The van der Waals surface area contributed by atoms with Crippen LogP contribution in [0.5, 0.6) is 0 Å². The predicted molar refractivity (Wildman–Crippen MR) is 75.0 cm³/mol. The Morgan fingerprint density at radius 3 is 2.91 bits per heavy atom. The van der Waals surface area contributed by atoms with E-state index in [4.69, 9.17) is 4.74 Å². The van der Waals surface area contributed by atoms with E-state index < -0.39 is 36.7 Å². The topological polar surface area (TPSA) is 89.4 Å². The van der Waals surface area contributed by atoms with Gasteiger partial charge in [0.1, 0.15) is 0 Å². The Kier molecular flexibility index (Phi) is 5.24. The van der Waals surface area contributed by atoms with Gasteiger partial charge in [-0.05, 0) is 0 Å². The zero-order chi connectivity index (χ0) is 17.0. The number of nitrogens with one attached hydrogen (secondary N) is 1. The van der Waals surface area contributed by atoms with Crippen molar-refractivity contribution in [2.24, 2.45) is 0 Å². The molecule has 1 saturated heterocycles. The molecule has 2 amide bonds. The van der Waals surface area contributed by atoms with Crippen LogP contribution in [0.3, 0.4) is 0 Å². The summed E-state index contributed by atoms with van der Waals surface area (Å²) in [4.78, 5) is 24.4. The van der Waals surface area contributed by atoms with Crippen LogP contribution >= 0.6 is 0 Å². The average Bonchev–Trinajstić information content (AvgIpc) is 3.03. The largest absolute Gasteiger partial charge is 0.383 e. The summed E-state index contributed by atoms with van der Waals surface area (Å²) in [5, 5.41) is 10.1. The third kappa shape index (κ3) is 4.44. The molecule has 0 aromatic carbocycles. The third-order valence-corrected chi connectivity index (χ3v) is 3.54. The summed E-state index contributed by atoms with van der Waals surface area (Å²) in [5.74, 6) is -3.74. The molecule has 1 N–H and O–H groups in total. The van der Waals surface area contributed by atoms with Gasteiger partial charge in [-0.1, -0.05) is 5.21 Å². The Bertz CT molecular complexity index is 578. The van der Waals surface area contributed by atoms with Gasteiger partial charge in [-0.2, -0.15) is 0 Å². The minimum Gasteiger partial charge on any atom is -0.383 e. The highest BCUT2D eigenvalue weighted by Gasteiger charge is 2.46. The zero-order valence-corrected chi connectivity index (χ0v) is 13.0. The van der Waals surface area contributed by atoms with Gasteiger partial charge in [0.2, 0.25) is 5.91 Å². The summed E-state index contributed by atoms with van der Waals surface area (Å²) < 4.78 is 33.1.